The van der Waals surface area contributed by atoms with Crippen molar-refractivity contribution in [3.05, 3.63) is 71.9 Å². The molecule has 0 aliphatic rings. The van der Waals surface area contributed by atoms with E-state index in [0.29, 0.717) is 28.1 Å². The Balaban J connectivity index is 2.00. The summed E-state index contributed by atoms with van der Waals surface area (Å²) in [7, 11) is 0. The van der Waals surface area contributed by atoms with Crippen molar-refractivity contribution in [1.29, 1.82) is 0 Å². The first kappa shape index (κ1) is 17.5. The lowest BCUT2D eigenvalue weighted by Gasteiger charge is -2.14. The van der Waals surface area contributed by atoms with Gasteiger partial charge in [-0.1, -0.05) is 29.4 Å². The molecule has 8 heteroatoms. The van der Waals surface area contributed by atoms with E-state index in [1.165, 1.54) is 31.0 Å². The van der Waals surface area contributed by atoms with Gasteiger partial charge in [0, 0.05) is 11.1 Å². The van der Waals surface area contributed by atoms with Crippen LogP contribution >= 0.6 is 0 Å². The summed E-state index contributed by atoms with van der Waals surface area (Å²) >= 11 is 0. The van der Waals surface area contributed by atoms with Gasteiger partial charge in [0.25, 0.3) is 0 Å². The molecule has 0 amide bonds. The first-order chi connectivity index (χ1) is 12.5. The van der Waals surface area contributed by atoms with Crippen molar-refractivity contribution in [1.82, 2.24) is 4.98 Å². The van der Waals surface area contributed by atoms with Crippen LogP contribution in [0.1, 0.15) is 16.8 Å². The van der Waals surface area contributed by atoms with Crippen LogP contribution in [-0.2, 0) is 12.8 Å². The molecule has 1 heterocycles. The van der Waals surface area contributed by atoms with Crippen LogP contribution in [0.2, 0.25) is 0 Å². The third kappa shape index (κ3) is 3.85. The zero-order valence-corrected chi connectivity index (χ0v) is 13.3. The number of rotatable bonds is 5. The summed E-state index contributed by atoms with van der Waals surface area (Å²) in [5, 5.41) is 11.9. The molecule has 0 fully saturated rings. The Labute approximate surface area is 146 Å². The molecule has 3 rings (SSSR count). The predicted molar refractivity (Wildman–Crippen MR) is 87.1 cm³/mol. The Morgan fingerprint density at radius 2 is 1.92 bits per heavy atom. The molecule has 0 atom stereocenters. The minimum absolute atomic E-state index is 0.115. The second-order valence-corrected chi connectivity index (χ2v) is 5.31. The van der Waals surface area contributed by atoms with Gasteiger partial charge in [-0.2, -0.15) is 13.2 Å². The molecular formula is C18H13F3N2O3. The van der Waals surface area contributed by atoms with Crippen molar-refractivity contribution in [3.63, 3.8) is 0 Å². The maximum atomic E-state index is 12.8. The number of oxime groups is 1. The number of benzene rings is 2. The van der Waals surface area contributed by atoms with Crippen LogP contribution in [0.15, 0.2) is 64.7 Å². The fourth-order valence-corrected chi connectivity index (χ4v) is 2.43. The van der Waals surface area contributed by atoms with E-state index in [1.807, 2.05) is 0 Å². The monoisotopic (exact) mass is 362 g/mol. The van der Waals surface area contributed by atoms with E-state index in [2.05, 4.69) is 10.1 Å². The molecule has 134 valence electrons. The molecule has 0 saturated heterocycles. The second kappa shape index (κ2) is 7.30. The van der Waals surface area contributed by atoms with Gasteiger partial charge in [-0.25, -0.2) is 4.98 Å². The van der Waals surface area contributed by atoms with Crippen LogP contribution < -0.4 is 4.74 Å². The summed E-state index contributed by atoms with van der Waals surface area (Å²) in [5.74, 6) is 0.408. The first-order valence-electron chi connectivity index (χ1n) is 7.47. The van der Waals surface area contributed by atoms with Crippen molar-refractivity contribution < 1.29 is 27.5 Å². The summed E-state index contributed by atoms with van der Waals surface area (Å²) in [6.07, 6.45) is -0.534. The van der Waals surface area contributed by atoms with Gasteiger partial charge >= 0.3 is 6.18 Å². The largest absolute Gasteiger partial charge is 0.486 e. The smallest absolute Gasteiger partial charge is 0.416 e. The highest BCUT2D eigenvalue weighted by molar-refractivity contribution is 5.92. The van der Waals surface area contributed by atoms with Crippen LogP contribution in [0.25, 0.3) is 11.1 Å². The molecule has 1 aromatic heterocycles. The molecule has 2 aromatic carbocycles. The standard InChI is InChI=1S/C18H13F3N2O3/c19-18(20,21)14-6-4-12(5-7-14)17-13(8-23-24)2-1-3-16(17)26-10-15-9-25-11-22-15/h1-9,11,24H,10H2. The highest BCUT2D eigenvalue weighted by atomic mass is 19.4. The lowest BCUT2D eigenvalue weighted by atomic mass is 9.98. The van der Waals surface area contributed by atoms with Crippen LogP contribution in [-0.4, -0.2) is 16.4 Å². The third-order valence-corrected chi connectivity index (χ3v) is 3.62. The van der Waals surface area contributed by atoms with Crippen molar-refractivity contribution in [3.8, 4) is 16.9 Å². The molecule has 0 aliphatic carbocycles. The average Bonchev–Trinajstić information content (AvgIpc) is 3.13. The lowest BCUT2D eigenvalue weighted by molar-refractivity contribution is -0.137. The van der Waals surface area contributed by atoms with Gasteiger partial charge in [-0.3, -0.25) is 0 Å². The molecule has 26 heavy (non-hydrogen) atoms. The van der Waals surface area contributed by atoms with Crippen molar-refractivity contribution >= 4 is 6.21 Å². The van der Waals surface area contributed by atoms with Crippen LogP contribution in [0.4, 0.5) is 13.2 Å². The Bertz CT molecular complexity index is 889. The molecule has 0 bridgehead atoms. The highest BCUT2D eigenvalue weighted by Gasteiger charge is 2.30. The van der Waals surface area contributed by atoms with Crippen molar-refractivity contribution in [2.75, 3.05) is 0 Å². The van der Waals surface area contributed by atoms with E-state index in [0.717, 1.165) is 12.1 Å². The minimum Gasteiger partial charge on any atom is -0.486 e. The van der Waals surface area contributed by atoms with E-state index in [4.69, 9.17) is 14.4 Å². The van der Waals surface area contributed by atoms with E-state index >= 15 is 0 Å². The summed E-state index contributed by atoms with van der Waals surface area (Å²) < 4.78 is 49.0. The number of aromatic nitrogens is 1. The topological polar surface area (TPSA) is 67.9 Å². The van der Waals surface area contributed by atoms with Gasteiger partial charge in [0.2, 0.25) is 0 Å². The Morgan fingerprint density at radius 1 is 1.15 bits per heavy atom. The summed E-state index contributed by atoms with van der Waals surface area (Å²) in [6.45, 7) is 0.115. The number of hydrogen-bond acceptors (Lipinski definition) is 5. The molecule has 0 aliphatic heterocycles. The lowest BCUT2D eigenvalue weighted by Crippen LogP contribution is -2.04. The Morgan fingerprint density at radius 3 is 2.54 bits per heavy atom. The normalized spacial score (nSPS) is 11.8. The summed E-state index contributed by atoms with van der Waals surface area (Å²) in [5.41, 5.74) is 1.29. The Hall–Kier alpha value is -3.29. The van der Waals surface area contributed by atoms with E-state index in [1.54, 1.807) is 18.2 Å². The van der Waals surface area contributed by atoms with Gasteiger partial charge in [0.15, 0.2) is 6.39 Å². The van der Waals surface area contributed by atoms with Gasteiger partial charge in [0.05, 0.1) is 11.8 Å². The number of nitrogens with zero attached hydrogens (tertiary/aromatic N) is 2. The zero-order valence-electron chi connectivity index (χ0n) is 13.3. The predicted octanol–water partition coefficient (Wildman–Crippen LogP) is 4.75. The van der Waals surface area contributed by atoms with Gasteiger partial charge in [-0.05, 0) is 23.8 Å². The quantitative estimate of drug-likeness (QED) is 0.404. The maximum absolute atomic E-state index is 12.8. The number of oxazole rings is 1. The SMILES string of the molecule is ON=Cc1cccc(OCc2cocn2)c1-c1ccc(C(F)(F)F)cc1. The van der Waals surface area contributed by atoms with Crippen molar-refractivity contribution in [2.45, 2.75) is 12.8 Å². The molecule has 0 unspecified atom stereocenters. The number of halogens is 3. The minimum atomic E-state index is -4.42. The zero-order chi connectivity index (χ0) is 18.6. The van der Waals surface area contributed by atoms with E-state index < -0.39 is 11.7 Å². The average molecular weight is 362 g/mol. The molecule has 1 N–H and O–H groups in total. The van der Waals surface area contributed by atoms with Gasteiger partial charge in [-0.15, -0.1) is 0 Å². The maximum Gasteiger partial charge on any atom is 0.416 e. The second-order valence-electron chi connectivity index (χ2n) is 5.31. The highest BCUT2D eigenvalue weighted by Crippen LogP contribution is 2.36. The summed E-state index contributed by atoms with van der Waals surface area (Å²) in [6, 6.07) is 9.68. The molecule has 0 saturated carbocycles. The van der Waals surface area contributed by atoms with Gasteiger partial charge in [0.1, 0.15) is 24.3 Å². The number of alkyl halides is 3. The fourth-order valence-electron chi connectivity index (χ4n) is 2.43. The van der Waals surface area contributed by atoms with E-state index in [9.17, 15) is 13.2 Å². The van der Waals surface area contributed by atoms with Gasteiger partial charge < -0.3 is 14.4 Å². The third-order valence-electron chi connectivity index (χ3n) is 3.62. The molecule has 0 radical (unpaired) electrons. The van der Waals surface area contributed by atoms with Crippen LogP contribution in [0, 0.1) is 0 Å². The Kier molecular flexibility index (Phi) is 4.92. The summed E-state index contributed by atoms with van der Waals surface area (Å²) in [4.78, 5) is 3.95. The fraction of sp³-hybridized carbons (Fsp3) is 0.111. The number of hydrogen-bond donors (Lipinski definition) is 1. The molecule has 3 aromatic rings. The van der Waals surface area contributed by atoms with Crippen molar-refractivity contribution in [2.24, 2.45) is 5.16 Å². The molecule has 0 spiro atoms. The first-order valence-corrected chi connectivity index (χ1v) is 7.47. The van der Waals surface area contributed by atoms with Crippen LogP contribution in [0.3, 0.4) is 0 Å². The molecular weight excluding hydrogens is 349 g/mol. The molecule has 5 nitrogen and oxygen atoms in total. The number of ether oxygens (including phenoxy) is 1. The van der Waals surface area contributed by atoms with E-state index in [-0.39, 0.29) is 6.61 Å². The van der Waals surface area contributed by atoms with Crippen LogP contribution in [0.5, 0.6) is 5.75 Å².